The molecule has 0 saturated heterocycles. The van der Waals surface area contributed by atoms with Crippen molar-refractivity contribution in [2.24, 2.45) is 5.41 Å². The van der Waals surface area contributed by atoms with Gasteiger partial charge >= 0.3 is 0 Å². The number of methoxy groups -OCH3 is 2. The summed E-state index contributed by atoms with van der Waals surface area (Å²) in [6.07, 6.45) is 3.64. The summed E-state index contributed by atoms with van der Waals surface area (Å²) in [7, 11) is 3.07. The number of nitrogens with zero attached hydrogens (tertiary/aromatic N) is 1. The van der Waals surface area contributed by atoms with E-state index in [1.807, 2.05) is 4.57 Å². The van der Waals surface area contributed by atoms with Gasteiger partial charge < -0.3 is 24.1 Å². The molecule has 2 aliphatic rings. The van der Waals surface area contributed by atoms with Gasteiger partial charge in [0.1, 0.15) is 17.0 Å². The van der Waals surface area contributed by atoms with Crippen molar-refractivity contribution in [3.63, 3.8) is 0 Å². The maximum absolute atomic E-state index is 15.3. The molecule has 0 bridgehead atoms. The fourth-order valence-corrected chi connectivity index (χ4v) is 4.42. The van der Waals surface area contributed by atoms with Gasteiger partial charge in [0.2, 0.25) is 5.82 Å². The SMILES string of the molecule is COc1ccc(CNc2c(F)c(F)c3c4c2c(=O)c(C)cn4CC2(CC2)CO3)c(OC)c1. The second kappa shape index (κ2) is 7.39. The van der Waals surface area contributed by atoms with E-state index in [1.54, 1.807) is 38.4 Å². The van der Waals surface area contributed by atoms with Gasteiger partial charge in [-0.1, -0.05) is 0 Å². The van der Waals surface area contributed by atoms with Gasteiger partial charge in [-0.15, -0.1) is 0 Å². The van der Waals surface area contributed by atoms with Gasteiger partial charge in [-0.25, -0.2) is 4.39 Å². The molecule has 168 valence electrons. The second-order valence-corrected chi connectivity index (χ2v) is 8.64. The van der Waals surface area contributed by atoms with Crippen molar-refractivity contribution < 1.29 is 23.0 Å². The van der Waals surface area contributed by atoms with E-state index < -0.39 is 11.6 Å². The largest absolute Gasteiger partial charge is 0.497 e. The van der Waals surface area contributed by atoms with E-state index in [0.717, 1.165) is 12.8 Å². The summed E-state index contributed by atoms with van der Waals surface area (Å²) in [6.45, 7) is 2.72. The third kappa shape index (κ3) is 3.16. The third-order valence-corrected chi connectivity index (χ3v) is 6.47. The van der Waals surface area contributed by atoms with Crippen molar-refractivity contribution in [3.8, 4) is 17.2 Å². The molecule has 3 aromatic rings. The molecular formula is C24H24F2N2O4. The van der Waals surface area contributed by atoms with Crippen molar-refractivity contribution in [2.75, 3.05) is 26.1 Å². The Hall–Kier alpha value is -3.29. The quantitative estimate of drug-likeness (QED) is 0.635. The Kier molecular flexibility index (Phi) is 4.76. The first-order valence-electron chi connectivity index (χ1n) is 10.5. The molecule has 1 aliphatic carbocycles. The highest BCUT2D eigenvalue weighted by Gasteiger charge is 2.46. The molecule has 32 heavy (non-hydrogen) atoms. The molecule has 1 saturated carbocycles. The van der Waals surface area contributed by atoms with E-state index >= 15 is 8.78 Å². The van der Waals surface area contributed by atoms with Gasteiger partial charge in [-0.2, -0.15) is 4.39 Å². The average molecular weight is 442 g/mol. The van der Waals surface area contributed by atoms with Crippen LogP contribution in [0, 0.1) is 24.0 Å². The Bertz CT molecular complexity index is 1300. The highest BCUT2D eigenvalue weighted by Crippen LogP contribution is 2.51. The zero-order valence-corrected chi connectivity index (χ0v) is 18.2. The normalized spacial score (nSPS) is 15.9. The maximum Gasteiger partial charge on any atom is 0.205 e. The predicted octanol–water partition coefficient (Wildman–Crippen LogP) is 4.39. The zero-order valence-electron chi connectivity index (χ0n) is 18.2. The van der Waals surface area contributed by atoms with E-state index in [1.165, 1.54) is 7.11 Å². The van der Waals surface area contributed by atoms with Crippen molar-refractivity contribution in [1.29, 1.82) is 0 Å². The number of hydrogen-bond donors (Lipinski definition) is 1. The van der Waals surface area contributed by atoms with Crippen LogP contribution in [0.2, 0.25) is 0 Å². The molecule has 8 heteroatoms. The monoisotopic (exact) mass is 442 g/mol. The summed E-state index contributed by atoms with van der Waals surface area (Å²) < 4.78 is 48.6. The molecule has 1 spiro atoms. The summed E-state index contributed by atoms with van der Waals surface area (Å²) in [5, 5.41) is 3.05. The fourth-order valence-electron chi connectivity index (χ4n) is 4.42. The minimum Gasteiger partial charge on any atom is -0.497 e. The van der Waals surface area contributed by atoms with Gasteiger partial charge in [0.05, 0.1) is 31.9 Å². The number of hydrogen-bond acceptors (Lipinski definition) is 5. The Balaban J connectivity index is 1.65. The number of rotatable bonds is 5. The first-order valence-corrected chi connectivity index (χ1v) is 10.5. The first-order chi connectivity index (χ1) is 15.4. The lowest BCUT2D eigenvalue weighted by Gasteiger charge is -2.18. The molecule has 1 aromatic heterocycles. The second-order valence-electron chi connectivity index (χ2n) is 8.64. The maximum atomic E-state index is 15.3. The summed E-state index contributed by atoms with van der Waals surface area (Å²) in [4.78, 5) is 13.1. The Morgan fingerprint density at radius 1 is 1.19 bits per heavy atom. The molecule has 2 aromatic carbocycles. The molecular weight excluding hydrogens is 418 g/mol. The van der Waals surface area contributed by atoms with Crippen LogP contribution in [-0.2, 0) is 13.1 Å². The number of halogens is 2. The van der Waals surface area contributed by atoms with Crippen LogP contribution in [0.25, 0.3) is 10.9 Å². The highest BCUT2D eigenvalue weighted by atomic mass is 19.2. The standard InChI is InChI=1S/C24H24F2N2O4/c1-13-10-28-11-24(6-7-24)12-32-23-19(26)18(25)20(17(21(23)28)22(13)29)27-9-14-4-5-15(30-2)8-16(14)31-3/h4-5,8,10,27H,6-7,9,11-12H2,1-3H3. The first kappa shape index (κ1) is 20.6. The summed E-state index contributed by atoms with van der Waals surface area (Å²) in [6, 6.07) is 5.23. The predicted molar refractivity (Wildman–Crippen MR) is 117 cm³/mol. The molecule has 5 rings (SSSR count). The van der Waals surface area contributed by atoms with Crippen LogP contribution in [0.4, 0.5) is 14.5 Å². The molecule has 0 atom stereocenters. The van der Waals surface area contributed by atoms with Gasteiger partial charge in [0.15, 0.2) is 17.0 Å². The van der Waals surface area contributed by atoms with E-state index in [-0.39, 0.29) is 34.2 Å². The van der Waals surface area contributed by atoms with Crippen molar-refractivity contribution >= 4 is 16.6 Å². The minimum atomic E-state index is -1.12. The number of ether oxygens (including phenoxy) is 3. The molecule has 0 unspecified atom stereocenters. The van der Waals surface area contributed by atoms with Crippen molar-refractivity contribution in [3.05, 3.63) is 57.4 Å². The van der Waals surface area contributed by atoms with Gasteiger partial charge in [-0.05, 0) is 31.9 Å². The number of pyridine rings is 1. The van der Waals surface area contributed by atoms with Crippen LogP contribution in [0.5, 0.6) is 17.2 Å². The molecule has 0 amide bonds. The topological polar surface area (TPSA) is 61.7 Å². The van der Waals surface area contributed by atoms with Crippen LogP contribution < -0.4 is 25.0 Å². The molecule has 2 heterocycles. The van der Waals surface area contributed by atoms with Gasteiger partial charge in [-0.3, -0.25) is 4.79 Å². The van der Waals surface area contributed by atoms with E-state index in [4.69, 9.17) is 14.2 Å². The van der Waals surface area contributed by atoms with Gasteiger partial charge in [0.25, 0.3) is 0 Å². The summed E-state index contributed by atoms with van der Waals surface area (Å²) in [5.41, 5.74) is 0.869. The Morgan fingerprint density at radius 3 is 2.66 bits per heavy atom. The van der Waals surface area contributed by atoms with Crippen LogP contribution in [0.15, 0.2) is 29.2 Å². The third-order valence-electron chi connectivity index (χ3n) is 6.47. The minimum absolute atomic E-state index is 0.0829. The lowest BCUT2D eigenvalue weighted by Crippen LogP contribution is -2.19. The van der Waals surface area contributed by atoms with E-state index in [9.17, 15) is 4.79 Å². The fraction of sp³-hybridized carbons (Fsp3) is 0.375. The summed E-state index contributed by atoms with van der Waals surface area (Å²) in [5.74, 6) is -1.26. The van der Waals surface area contributed by atoms with Crippen molar-refractivity contribution in [2.45, 2.75) is 32.9 Å². The lowest BCUT2D eigenvalue weighted by atomic mass is 10.1. The highest BCUT2D eigenvalue weighted by molar-refractivity contribution is 5.96. The smallest absolute Gasteiger partial charge is 0.205 e. The molecule has 1 fully saturated rings. The number of aryl methyl sites for hydroxylation is 1. The number of benzene rings is 2. The summed E-state index contributed by atoms with van der Waals surface area (Å²) >= 11 is 0. The number of nitrogens with one attached hydrogen (secondary N) is 1. The van der Waals surface area contributed by atoms with E-state index in [0.29, 0.717) is 41.3 Å². The van der Waals surface area contributed by atoms with Crippen LogP contribution >= 0.6 is 0 Å². The Labute approximate surface area is 183 Å². The molecule has 1 N–H and O–H groups in total. The number of aromatic nitrogens is 1. The number of anilines is 1. The lowest BCUT2D eigenvalue weighted by molar-refractivity contribution is 0.221. The molecule has 6 nitrogen and oxygen atoms in total. The molecule has 0 radical (unpaired) electrons. The van der Waals surface area contributed by atoms with Crippen LogP contribution in [0.1, 0.15) is 24.0 Å². The average Bonchev–Trinajstić information content (AvgIpc) is 3.58. The zero-order chi connectivity index (χ0) is 22.6. The Morgan fingerprint density at radius 2 is 1.97 bits per heavy atom. The molecule has 1 aliphatic heterocycles. The van der Waals surface area contributed by atoms with Crippen LogP contribution in [-0.4, -0.2) is 25.4 Å². The van der Waals surface area contributed by atoms with E-state index in [2.05, 4.69) is 5.32 Å². The van der Waals surface area contributed by atoms with Crippen LogP contribution in [0.3, 0.4) is 0 Å². The van der Waals surface area contributed by atoms with Crippen molar-refractivity contribution in [1.82, 2.24) is 4.57 Å². The van der Waals surface area contributed by atoms with Gasteiger partial charge in [0, 0.05) is 41.9 Å².